The lowest BCUT2D eigenvalue weighted by atomic mass is 10.2. The zero-order chi connectivity index (χ0) is 16.6. The summed E-state index contributed by atoms with van der Waals surface area (Å²) < 4.78 is 0. The van der Waals surface area contributed by atoms with Gasteiger partial charge < -0.3 is 5.32 Å². The molecule has 0 saturated carbocycles. The SMILES string of the molecule is Cc1cccc(N[C@@H]2CC(=O)N(c3ccc(C)c(Cl)c3)C2=O)c1. The van der Waals surface area contributed by atoms with Crippen molar-refractivity contribution < 1.29 is 9.59 Å². The summed E-state index contributed by atoms with van der Waals surface area (Å²) in [5.41, 5.74) is 3.35. The summed E-state index contributed by atoms with van der Waals surface area (Å²) in [4.78, 5) is 26.1. The number of rotatable bonds is 3. The summed E-state index contributed by atoms with van der Waals surface area (Å²) in [7, 11) is 0. The van der Waals surface area contributed by atoms with Crippen molar-refractivity contribution in [3.05, 3.63) is 58.6 Å². The Kier molecular flexibility index (Phi) is 4.09. The number of nitrogens with zero attached hydrogens (tertiary/aromatic N) is 1. The monoisotopic (exact) mass is 328 g/mol. The smallest absolute Gasteiger partial charge is 0.256 e. The minimum atomic E-state index is -0.552. The van der Waals surface area contributed by atoms with Crippen molar-refractivity contribution in [1.82, 2.24) is 0 Å². The number of amides is 2. The number of hydrogen-bond acceptors (Lipinski definition) is 3. The fourth-order valence-corrected chi connectivity index (χ4v) is 2.85. The molecule has 0 bridgehead atoms. The molecular formula is C18H17ClN2O2. The molecule has 1 saturated heterocycles. The van der Waals surface area contributed by atoms with E-state index in [0.29, 0.717) is 10.7 Å². The van der Waals surface area contributed by atoms with Crippen LogP contribution in [-0.4, -0.2) is 17.9 Å². The summed E-state index contributed by atoms with van der Waals surface area (Å²) in [6.07, 6.45) is 0.137. The van der Waals surface area contributed by atoms with Crippen molar-refractivity contribution in [2.24, 2.45) is 0 Å². The number of carbonyl (C=O) groups excluding carboxylic acids is 2. The molecule has 0 aromatic heterocycles. The van der Waals surface area contributed by atoms with E-state index in [9.17, 15) is 9.59 Å². The minimum absolute atomic E-state index is 0.137. The highest BCUT2D eigenvalue weighted by Crippen LogP contribution is 2.28. The maximum atomic E-state index is 12.6. The number of nitrogens with one attached hydrogen (secondary N) is 1. The fraction of sp³-hybridized carbons (Fsp3) is 0.222. The van der Waals surface area contributed by atoms with Gasteiger partial charge in [-0.1, -0.05) is 29.8 Å². The largest absolute Gasteiger partial charge is 0.373 e. The van der Waals surface area contributed by atoms with E-state index >= 15 is 0 Å². The van der Waals surface area contributed by atoms with Gasteiger partial charge in [0.1, 0.15) is 6.04 Å². The van der Waals surface area contributed by atoms with E-state index in [1.165, 1.54) is 4.90 Å². The van der Waals surface area contributed by atoms with Crippen molar-refractivity contribution in [2.75, 3.05) is 10.2 Å². The van der Waals surface area contributed by atoms with Crippen molar-refractivity contribution >= 4 is 34.8 Å². The Hall–Kier alpha value is -2.33. The van der Waals surface area contributed by atoms with Crippen LogP contribution in [-0.2, 0) is 9.59 Å². The minimum Gasteiger partial charge on any atom is -0.373 e. The van der Waals surface area contributed by atoms with E-state index < -0.39 is 6.04 Å². The molecular weight excluding hydrogens is 312 g/mol. The summed E-state index contributed by atoms with van der Waals surface area (Å²) in [5.74, 6) is -0.475. The topological polar surface area (TPSA) is 49.4 Å². The molecule has 0 spiro atoms. The van der Waals surface area contributed by atoms with Crippen LogP contribution in [0.2, 0.25) is 5.02 Å². The first-order chi connectivity index (χ1) is 11.0. The zero-order valence-corrected chi connectivity index (χ0v) is 13.7. The lowest BCUT2D eigenvalue weighted by Gasteiger charge is -2.17. The maximum absolute atomic E-state index is 12.6. The van der Waals surface area contributed by atoms with Crippen LogP contribution in [0.25, 0.3) is 0 Å². The molecule has 3 rings (SSSR count). The van der Waals surface area contributed by atoms with E-state index in [1.54, 1.807) is 18.2 Å². The molecule has 5 heteroatoms. The zero-order valence-electron chi connectivity index (χ0n) is 13.0. The van der Waals surface area contributed by atoms with Gasteiger partial charge in [-0.15, -0.1) is 0 Å². The normalized spacial score (nSPS) is 17.7. The number of carbonyl (C=O) groups is 2. The number of anilines is 2. The first-order valence-corrected chi connectivity index (χ1v) is 7.79. The molecule has 4 nitrogen and oxygen atoms in total. The second-order valence-electron chi connectivity index (χ2n) is 5.77. The quantitative estimate of drug-likeness (QED) is 0.874. The van der Waals surface area contributed by atoms with Gasteiger partial charge >= 0.3 is 0 Å². The Labute approximate surface area is 140 Å². The highest BCUT2D eigenvalue weighted by molar-refractivity contribution is 6.32. The van der Waals surface area contributed by atoms with Gasteiger partial charge in [-0.25, -0.2) is 4.90 Å². The summed E-state index contributed by atoms with van der Waals surface area (Å²) >= 11 is 6.11. The maximum Gasteiger partial charge on any atom is 0.256 e. The van der Waals surface area contributed by atoms with E-state index in [2.05, 4.69) is 5.32 Å². The van der Waals surface area contributed by atoms with Crippen LogP contribution in [0.4, 0.5) is 11.4 Å². The van der Waals surface area contributed by atoms with Crippen molar-refractivity contribution in [3.63, 3.8) is 0 Å². The molecule has 2 aromatic rings. The molecule has 0 radical (unpaired) electrons. The molecule has 1 aliphatic rings. The molecule has 1 N–H and O–H groups in total. The molecule has 23 heavy (non-hydrogen) atoms. The van der Waals surface area contributed by atoms with Gasteiger partial charge in [0, 0.05) is 10.7 Å². The van der Waals surface area contributed by atoms with E-state index in [1.807, 2.05) is 38.1 Å². The van der Waals surface area contributed by atoms with Crippen LogP contribution in [0.15, 0.2) is 42.5 Å². The number of imide groups is 1. The van der Waals surface area contributed by atoms with Crippen LogP contribution >= 0.6 is 11.6 Å². The first-order valence-electron chi connectivity index (χ1n) is 7.42. The summed E-state index contributed by atoms with van der Waals surface area (Å²) in [6, 6.07) is 12.4. The van der Waals surface area contributed by atoms with Crippen LogP contribution in [0.1, 0.15) is 17.5 Å². The van der Waals surface area contributed by atoms with E-state index in [4.69, 9.17) is 11.6 Å². The Morgan fingerprint density at radius 2 is 1.91 bits per heavy atom. The number of halogens is 1. The summed E-state index contributed by atoms with van der Waals surface area (Å²) in [5, 5.41) is 3.68. The van der Waals surface area contributed by atoms with Gasteiger partial charge in [0.15, 0.2) is 0 Å². The van der Waals surface area contributed by atoms with Gasteiger partial charge in [0.05, 0.1) is 12.1 Å². The van der Waals surface area contributed by atoms with Gasteiger partial charge in [-0.2, -0.15) is 0 Å². The molecule has 1 fully saturated rings. The second kappa shape index (κ2) is 6.05. The molecule has 0 aliphatic carbocycles. The predicted octanol–water partition coefficient (Wildman–Crippen LogP) is 3.70. The molecule has 1 atom stereocenters. The lowest BCUT2D eigenvalue weighted by Crippen LogP contribution is -2.34. The van der Waals surface area contributed by atoms with Crippen LogP contribution in [0, 0.1) is 13.8 Å². The molecule has 2 aromatic carbocycles. The highest BCUT2D eigenvalue weighted by atomic mass is 35.5. The summed E-state index contributed by atoms with van der Waals surface area (Å²) in [6.45, 7) is 3.86. The number of aryl methyl sites for hydroxylation is 2. The standard InChI is InChI=1S/C18H17ClN2O2/c1-11-4-3-5-13(8-11)20-16-10-17(22)21(18(16)23)14-7-6-12(2)15(19)9-14/h3-9,16,20H,10H2,1-2H3/t16-/m1/s1. The fourth-order valence-electron chi connectivity index (χ4n) is 2.67. The Morgan fingerprint density at radius 1 is 1.13 bits per heavy atom. The highest BCUT2D eigenvalue weighted by Gasteiger charge is 2.39. The Balaban J connectivity index is 1.83. The average Bonchev–Trinajstić information content (AvgIpc) is 2.77. The van der Waals surface area contributed by atoms with Crippen molar-refractivity contribution in [1.29, 1.82) is 0 Å². The van der Waals surface area contributed by atoms with Gasteiger partial charge in [0.25, 0.3) is 5.91 Å². The average molecular weight is 329 g/mol. The third-order valence-electron chi connectivity index (χ3n) is 3.92. The third kappa shape index (κ3) is 3.08. The third-order valence-corrected chi connectivity index (χ3v) is 4.33. The lowest BCUT2D eigenvalue weighted by molar-refractivity contribution is -0.121. The number of benzene rings is 2. The molecule has 118 valence electrons. The van der Waals surface area contributed by atoms with E-state index in [-0.39, 0.29) is 18.2 Å². The van der Waals surface area contributed by atoms with Crippen LogP contribution in [0.5, 0.6) is 0 Å². The molecule has 1 aliphatic heterocycles. The predicted molar refractivity (Wildman–Crippen MR) is 91.9 cm³/mol. The van der Waals surface area contributed by atoms with Crippen LogP contribution in [0.3, 0.4) is 0 Å². The van der Waals surface area contributed by atoms with Crippen LogP contribution < -0.4 is 10.2 Å². The van der Waals surface area contributed by atoms with Gasteiger partial charge in [-0.3, -0.25) is 9.59 Å². The van der Waals surface area contributed by atoms with E-state index in [0.717, 1.165) is 16.8 Å². The van der Waals surface area contributed by atoms with Gasteiger partial charge in [-0.05, 0) is 49.2 Å². The van der Waals surface area contributed by atoms with Gasteiger partial charge in [0.2, 0.25) is 5.91 Å². The molecule has 2 amide bonds. The van der Waals surface area contributed by atoms with Crippen molar-refractivity contribution in [2.45, 2.75) is 26.3 Å². The molecule has 0 unspecified atom stereocenters. The second-order valence-corrected chi connectivity index (χ2v) is 6.18. The van der Waals surface area contributed by atoms with Crippen molar-refractivity contribution in [3.8, 4) is 0 Å². The molecule has 1 heterocycles. The Morgan fingerprint density at radius 3 is 2.61 bits per heavy atom. The number of hydrogen-bond donors (Lipinski definition) is 1. The first kappa shape index (κ1) is 15.6. The Bertz CT molecular complexity index is 788.